The van der Waals surface area contributed by atoms with Gasteiger partial charge >= 0.3 is 0 Å². The van der Waals surface area contributed by atoms with Crippen LogP contribution in [-0.2, 0) is 16.6 Å². The molecule has 0 aromatic heterocycles. The maximum atomic E-state index is 13.6. The minimum Gasteiger partial charge on any atom is -0.487 e. The molecule has 0 fully saturated rings. The molecule has 0 saturated carbocycles. The predicted octanol–water partition coefficient (Wildman–Crippen LogP) is 2.64. The minimum absolute atomic E-state index is 0.0686. The van der Waals surface area contributed by atoms with E-state index in [9.17, 15) is 17.9 Å². The Labute approximate surface area is 214 Å². The van der Waals surface area contributed by atoms with Gasteiger partial charge < -0.3 is 9.84 Å². The summed E-state index contributed by atoms with van der Waals surface area (Å²) in [6.07, 6.45) is -0.330. The lowest BCUT2D eigenvalue weighted by atomic mass is 10.0. The second-order valence-corrected chi connectivity index (χ2v) is 11.6. The van der Waals surface area contributed by atoms with Crippen LogP contribution in [0.25, 0.3) is 0 Å². The second kappa shape index (κ2) is 12.2. The highest BCUT2D eigenvalue weighted by molar-refractivity contribution is 7.89. The molecule has 196 valence electrons. The summed E-state index contributed by atoms with van der Waals surface area (Å²) in [4.78, 5) is 4.09. The minimum atomic E-state index is -3.90. The Kier molecular flexibility index (Phi) is 9.50. The number of fused-ring (bicyclic) bond motifs is 1. The van der Waals surface area contributed by atoms with Gasteiger partial charge in [0.25, 0.3) is 0 Å². The van der Waals surface area contributed by atoms with Crippen LogP contribution in [0, 0.1) is 23.6 Å². The summed E-state index contributed by atoms with van der Waals surface area (Å²) in [6, 6.07) is 10.7. The van der Waals surface area contributed by atoms with E-state index in [1.807, 2.05) is 33.0 Å². The predicted molar refractivity (Wildman–Crippen MR) is 139 cm³/mol. The van der Waals surface area contributed by atoms with Crippen molar-refractivity contribution in [3.05, 3.63) is 59.4 Å². The molecule has 1 N–H and O–H groups in total. The summed E-state index contributed by atoms with van der Waals surface area (Å²) in [6.45, 7) is 5.26. The molecule has 9 heteroatoms. The maximum absolute atomic E-state index is 13.6. The number of hydrogen-bond donors (Lipinski definition) is 1. The molecule has 0 saturated heterocycles. The standard InChI is InChI=1S/C27H36FN3O4S/c1-20-16-31(21(2)19-32)36(33,34)27-13-10-22(7-6-14-29(3)4)15-25(27)35-26(20)18-30(5)17-23-8-11-24(28)12-9-23/h8-13,15,20-21,26,32H,14,16-19H2,1-5H3/t20-,21-,26-/m1/s1. The van der Waals surface area contributed by atoms with E-state index in [1.165, 1.54) is 22.5 Å². The quantitative estimate of drug-likeness (QED) is 0.570. The highest BCUT2D eigenvalue weighted by Crippen LogP contribution is 2.34. The van der Waals surface area contributed by atoms with Crippen LogP contribution in [0.1, 0.15) is 25.0 Å². The number of benzene rings is 2. The van der Waals surface area contributed by atoms with Gasteiger partial charge in [-0.05, 0) is 64.0 Å². The topological polar surface area (TPSA) is 73.3 Å². The molecule has 1 aliphatic heterocycles. The second-order valence-electron chi connectivity index (χ2n) is 9.76. The SMILES string of the molecule is C[C@@H]1CN([C@H](C)CO)S(=O)(=O)c2ccc(C#CCN(C)C)cc2O[C@@H]1CN(C)Cc1ccc(F)cc1. The van der Waals surface area contributed by atoms with E-state index < -0.39 is 16.1 Å². The van der Waals surface area contributed by atoms with Crippen molar-refractivity contribution in [3.8, 4) is 17.6 Å². The summed E-state index contributed by atoms with van der Waals surface area (Å²) < 4.78 is 48.2. The van der Waals surface area contributed by atoms with E-state index in [-0.39, 0.29) is 41.6 Å². The van der Waals surface area contributed by atoms with Crippen molar-refractivity contribution in [2.75, 3.05) is 47.4 Å². The van der Waals surface area contributed by atoms with Gasteiger partial charge in [0, 0.05) is 37.2 Å². The van der Waals surface area contributed by atoms with Crippen LogP contribution in [0.4, 0.5) is 4.39 Å². The van der Waals surface area contributed by atoms with Gasteiger partial charge in [0.05, 0.1) is 13.2 Å². The average Bonchev–Trinajstić information content (AvgIpc) is 2.82. The van der Waals surface area contributed by atoms with Gasteiger partial charge in [-0.15, -0.1) is 0 Å². The summed E-state index contributed by atoms with van der Waals surface area (Å²) >= 11 is 0. The van der Waals surface area contributed by atoms with Crippen molar-refractivity contribution in [1.29, 1.82) is 0 Å². The van der Waals surface area contributed by atoms with Crippen LogP contribution in [0.5, 0.6) is 5.75 Å². The van der Waals surface area contributed by atoms with Crippen molar-refractivity contribution in [2.45, 2.75) is 37.4 Å². The first-order valence-corrected chi connectivity index (χ1v) is 13.4. The number of hydrogen-bond acceptors (Lipinski definition) is 6. The molecular weight excluding hydrogens is 481 g/mol. The highest BCUT2D eigenvalue weighted by Gasteiger charge is 2.38. The number of aliphatic hydroxyl groups is 1. The molecule has 3 atom stereocenters. The molecule has 1 heterocycles. The molecule has 0 spiro atoms. The number of likely N-dealkylation sites (N-methyl/N-ethyl adjacent to an activating group) is 1. The fourth-order valence-electron chi connectivity index (χ4n) is 4.09. The lowest BCUT2D eigenvalue weighted by Crippen LogP contribution is -2.49. The fraction of sp³-hybridized carbons (Fsp3) is 0.481. The van der Waals surface area contributed by atoms with Crippen LogP contribution in [-0.4, -0.2) is 87.2 Å². The summed E-state index contributed by atoms with van der Waals surface area (Å²) in [5.74, 6) is 5.96. The molecule has 0 aliphatic carbocycles. The third-order valence-corrected chi connectivity index (χ3v) is 8.17. The van der Waals surface area contributed by atoms with Gasteiger partial charge in [-0.25, -0.2) is 12.8 Å². The number of rotatable bonds is 7. The zero-order valence-electron chi connectivity index (χ0n) is 21.6. The monoisotopic (exact) mass is 517 g/mol. The van der Waals surface area contributed by atoms with Crippen LogP contribution in [0.2, 0.25) is 0 Å². The van der Waals surface area contributed by atoms with E-state index in [1.54, 1.807) is 31.2 Å². The van der Waals surface area contributed by atoms with Crippen LogP contribution < -0.4 is 4.74 Å². The Morgan fingerprint density at radius 3 is 2.53 bits per heavy atom. The van der Waals surface area contributed by atoms with Crippen molar-refractivity contribution in [3.63, 3.8) is 0 Å². The van der Waals surface area contributed by atoms with Gasteiger partial charge in [-0.2, -0.15) is 4.31 Å². The Hall–Kier alpha value is -2.48. The zero-order chi connectivity index (χ0) is 26.5. The van der Waals surface area contributed by atoms with E-state index in [0.29, 0.717) is 25.2 Å². The number of sulfonamides is 1. The molecule has 3 rings (SSSR count). The van der Waals surface area contributed by atoms with Crippen molar-refractivity contribution >= 4 is 10.0 Å². The van der Waals surface area contributed by atoms with Gasteiger partial charge in [0.1, 0.15) is 22.6 Å². The molecule has 2 aromatic carbocycles. The van der Waals surface area contributed by atoms with Crippen molar-refractivity contribution < 1.29 is 22.7 Å². The Morgan fingerprint density at radius 1 is 1.19 bits per heavy atom. The summed E-state index contributed by atoms with van der Waals surface area (Å²) in [5.41, 5.74) is 1.63. The first-order valence-electron chi connectivity index (χ1n) is 12.0. The fourth-order valence-corrected chi connectivity index (χ4v) is 5.92. The van der Waals surface area contributed by atoms with Gasteiger partial charge in [-0.3, -0.25) is 9.80 Å². The lowest BCUT2D eigenvalue weighted by Gasteiger charge is -2.37. The Balaban J connectivity index is 1.95. The van der Waals surface area contributed by atoms with Gasteiger partial charge in [0.15, 0.2) is 0 Å². The lowest BCUT2D eigenvalue weighted by molar-refractivity contribution is 0.0733. The number of nitrogens with zero attached hydrogens (tertiary/aromatic N) is 3. The van der Waals surface area contributed by atoms with Gasteiger partial charge in [0.2, 0.25) is 10.0 Å². The molecule has 36 heavy (non-hydrogen) atoms. The third kappa shape index (κ3) is 7.05. The third-order valence-electron chi connectivity index (χ3n) is 6.15. The van der Waals surface area contributed by atoms with E-state index in [2.05, 4.69) is 16.7 Å². The molecule has 2 aromatic rings. The first-order chi connectivity index (χ1) is 17.0. The first kappa shape index (κ1) is 28.1. The highest BCUT2D eigenvalue weighted by atomic mass is 32.2. The molecule has 0 unspecified atom stereocenters. The van der Waals surface area contributed by atoms with E-state index >= 15 is 0 Å². The zero-order valence-corrected chi connectivity index (χ0v) is 22.4. The summed E-state index contributed by atoms with van der Waals surface area (Å²) in [7, 11) is 1.91. The molecular formula is C27H36FN3O4S. The van der Waals surface area contributed by atoms with Crippen molar-refractivity contribution in [2.24, 2.45) is 5.92 Å². The summed E-state index contributed by atoms with van der Waals surface area (Å²) in [5, 5.41) is 9.80. The largest absolute Gasteiger partial charge is 0.487 e. The molecule has 0 amide bonds. The number of ether oxygens (including phenoxy) is 1. The van der Waals surface area contributed by atoms with Crippen LogP contribution in [0.3, 0.4) is 0 Å². The Morgan fingerprint density at radius 2 is 1.89 bits per heavy atom. The van der Waals surface area contributed by atoms with E-state index in [0.717, 1.165) is 5.56 Å². The maximum Gasteiger partial charge on any atom is 0.247 e. The molecule has 0 radical (unpaired) electrons. The smallest absolute Gasteiger partial charge is 0.247 e. The van der Waals surface area contributed by atoms with Gasteiger partial charge in [-0.1, -0.05) is 30.9 Å². The number of halogens is 1. The number of aliphatic hydroxyl groups excluding tert-OH is 1. The van der Waals surface area contributed by atoms with Crippen LogP contribution >= 0.6 is 0 Å². The Bertz CT molecular complexity index is 1190. The average molecular weight is 518 g/mol. The molecule has 0 bridgehead atoms. The van der Waals surface area contributed by atoms with E-state index in [4.69, 9.17) is 4.74 Å². The van der Waals surface area contributed by atoms with Crippen LogP contribution in [0.15, 0.2) is 47.4 Å². The van der Waals surface area contributed by atoms with Crippen molar-refractivity contribution in [1.82, 2.24) is 14.1 Å². The molecule has 1 aliphatic rings. The normalized spacial score (nSPS) is 20.6. The molecule has 7 nitrogen and oxygen atoms in total.